The summed E-state index contributed by atoms with van der Waals surface area (Å²) in [6, 6.07) is 0.235. The van der Waals surface area contributed by atoms with E-state index in [1.165, 1.54) is 0 Å². The largest absolute Gasteiger partial charge is 0.344 e. The molecule has 1 aliphatic rings. The van der Waals surface area contributed by atoms with Crippen molar-refractivity contribution in [3.63, 3.8) is 0 Å². The molecule has 0 radical (unpaired) electrons. The van der Waals surface area contributed by atoms with Gasteiger partial charge in [-0.05, 0) is 29.9 Å². The molecule has 17 heavy (non-hydrogen) atoms. The zero-order valence-corrected chi connectivity index (χ0v) is 12.0. The molecule has 0 amide bonds. The third-order valence-electron chi connectivity index (χ3n) is 3.34. The van der Waals surface area contributed by atoms with Crippen LogP contribution in [0.1, 0.15) is 17.6 Å². The second-order valence-electron chi connectivity index (χ2n) is 4.62. The number of rotatable bonds is 3. The number of likely N-dealkylation sites (N-methyl/N-ethyl adjacent to an activating group) is 1. The fourth-order valence-corrected chi connectivity index (χ4v) is 2.92. The monoisotopic (exact) mass is 301 g/mol. The fraction of sp³-hybridized carbons (Fsp3) is 0.727. The van der Waals surface area contributed by atoms with Gasteiger partial charge in [-0.1, -0.05) is 0 Å². The molecule has 0 spiro atoms. The number of nitrogens with one attached hydrogen (secondary N) is 1. The van der Waals surface area contributed by atoms with E-state index in [-0.39, 0.29) is 6.04 Å². The van der Waals surface area contributed by atoms with Gasteiger partial charge in [0, 0.05) is 32.7 Å². The molecule has 1 aromatic heterocycles. The number of aromatic amines is 1. The first-order chi connectivity index (χ1) is 8.11. The minimum atomic E-state index is 0.235. The van der Waals surface area contributed by atoms with Gasteiger partial charge in [0.05, 0.1) is 11.7 Å². The minimum absolute atomic E-state index is 0.235. The zero-order chi connectivity index (χ0) is 12.4. The maximum atomic E-state index is 5.92. The second kappa shape index (κ2) is 5.48. The molecular weight excluding hydrogens is 282 g/mol. The zero-order valence-electron chi connectivity index (χ0n) is 10.4. The molecule has 0 bridgehead atoms. The van der Waals surface area contributed by atoms with E-state index < -0.39 is 0 Å². The van der Waals surface area contributed by atoms with Crippen LogP contribution in [0, 0.1) is 6.92 Å². The predicted molar refractivity (Wildman–Crippen MR) is 71.9 cm³/mol. The lowest BCUT2D eigenvalue weighted by atomic mass is 10.1. The molecule has 1 aliphatic heterocycles. The Morgan fingerprint density at radius 2 is 2.06 bits per heavy atom. The molecule has 1 aromatic rings. The number of piperazine rings is 1. The number of nitrogens with zero attached hydrogens (tertiary/aromatic N) is 3. The number of H-pyrrole nitrogens is 1. The summed E-state index contributed by atoms with van der Waals surface area (Å²) >= 11 is 3.50. The van der Waals surface area contributed by atoms with Crippen molar-refractivity contribution in [1.29, 1.82) is 0 Å². The molecule has 0 saturated carbocycles. The number of imidazole rings is 1. The van der Waals surface area contributed by atoms with E-state index in [0.717, 1.165) is 42.3 Å². The summed E-state index contributed by atoms with van der Waals surface area (Å²) in [6.45, 7) is 6.89. The van der Waals surface area contributed by atoms with Crippen molar-refractivity contribution >= 4 is 15.9 Å². The predicted octanol–water partition coefficient (Wildman–Crippen LogP) is 0.728. The van der Waals surface area contributed by atoms with Gasteiger partial charge in [-0.25, -0.2) is 4.98 Å². The highest BCUT2D eigenvalue weighted by molar-refractivity contribution is 9.10. The van der Waals surface area contributed by atoms with E-state index >= 15 is 0 Å². The Morgan fingerprint density at radius 1 is 1.41 bits per heavy atom. The second-order valence-corrected chi connectivity index (χ2v) is 5.37. The molecule has 96 valence electrons. The lowest BCUT2D eigenvalue weighted by Crippen LogP contribution is -2.47. The normalized spacial score (nSPS) is 20.7. The number of hydrogen-bond donors (Lipinski definition) is 2. The summed E-state index contributed by atoms with van der Waals surface area (Å²) in [4.78, 5) is 12.4. The van der Waals surface area contributed by atoms with E-state index in [1.807, 2.05) is 6.92 Å². The van der Waals surface area contributed by atoms with E-state index in [2.05, 4.69) is 42.7 Å². The number of halogens is 1. The summed E-state index contributed by atoms with van der Waals surface area (Å²) in [7, 11) is 2.16. The van der Waals surface area contributed by atoms with E-state index in [0.29, 0.717) is 6.54 Å². The molecule has 1 saturated heterocycles. The van der Waals surface area contributed by atoms with Crippen molar-refractivity contribution in [3.8, 4) is 0 Å². The molecule has 5 nitrogen and oxygen atoms in total. The number of nitrogens with two attached hydrogens (primary N) is 1. The van der Waals surface area contributed by atoms with Gasteiger partial charge in [0.15, 0.2) is 0 Å². The fourth-order valence-electron chi connectivity index (χ4n) is 2.29. The van der Waals surface area contributed by atoms with Gasteiger partial charge in [-0.15, -0.1) is 0 Å². The molecule has 3 N–H and O–H groups in total. The first-order valence-corrected chi connectivity index (χ1v) is 6.75. The van der Waals surface area contributed by atoms with Gasteiger partial charge in [0.25, 0.3) is 0 Å². The minimum Gasteiger partial charge on any atom is -0.344 e. The van der Waals surface area contributed by atoms with Crippen LogP contribution in [0.2, 0.25) is 0 Å². The van der Waals surface area contributed by atoms with Crippen LogP contribution in [-0.4, -0.2) is 59.5 Å². The Morgan fingerprint density at radius 3 is 2.53 bits per heavy atom. The third kappa shape index (κ3) is 2.88. The summed E-state index contributed by atoms with van der Waals surface area (Å²) in [5.74, 6) is 0.930. The molecule has 2 heterocycles. The van der Waals surface area contributed by atoms with Gasteiger partial charge in [-0.2, -0.15) is 0 Å². The van der Waals surface area contributed by atoms with Gasteiger partial charge in [0.2, 0.25) is 0 Å². The van der Waals surface area contributed by atoms with E-state index in [9.17, 15) is 0 Å². The van der Waals surface area contributed by atoms with Crippen molar-refractivity contribution in [2.24, 2.45) is 5.73 Å². The van der Waals surface area contributed by atoms with E-state index in [1.54, 1.807) is 0 Å². The van der Waals surface area contributed by atoms with Crippen molar-refractivity contribution in [2.75, 3.05) is 39.8 Å². The van der Waals surface area contributed by atoms with Gasteiger partial charge in [-0.3, -0.25) is 4.90 Å². The quantitative estimate of drug-likeness (QED) is 0.864. The average molecular weight is 302 g/mol. The Labute approximate surface area is 111 Å². The van der Waals surface area contributed by atoms with Crippen molar-refractivity contribution in [2.45, 2.75) is 13.0 Å². The lowest BCUT2D eigenvalue weighted by Gasteiger charge is -2.37. The molecule has 6 heteroatoms. The van der Waals surface area contributed by atoms with Crippen LogP contribution < -0.4 is 5.73 Å². The standard InChI is InChI=1S/C11H20BrN5/c1-8-14-10(11(12)15-8)9(7-13)17-5-3-16(2)4-6-17/h9H,3-7,13H2,1-2H3,(H,14,15). The third-order valence-corrected chi connectivity index (χ3v) is 3.94. The molecule has 0 aliphatic carbocycles. The van der Waals surface area contributed by atoms with Crippen LogP contribution in [0.5, 0.6) is 0 Å². The van der Waals surface area contributed by atoms with Crippen LogP contribution in [0.15, 0.2) is 4.60 Å². The molecular formula is C11H20BrN5. The highest BCUT2D eigenvalue weighted by atomic mass is 79.9. The molecule has 1 atom stereocenters. The van der Waals surface area contributed by atoms with E-state index in [4.69, 9.17) is 5.73 Å². The lowest BCUT2D eigenvalue weighted by molar-refractivity contribution is 0.112. The van der Waals surface area contributed by atoms with Crippen molar-refractivity contribution in [1.82, 2.24) is 19.8 Å². The smallest absolute Gasteiger partial charge is 0.129 e. The maximum absolute atomic E-state index is 5.92. The van der Waals surface area contributed by atoms with Crippen molar-refractivity contribution < 1.29 is 0 Å². The Balaban J connectivity index is 2.13. The summed E-state index contributed by atoms with van der Waals surface area (Å²) in [5.41, 5.74) is 7.03. The number of aryl methyl sites for hydroxylation is 1. The Bertz CT molecular complexity index is 370. The summed E-state index contributed by atoms with van der Waals surface area (Å²) in [6.07, 6.45) is 0. The molecule has 1 unspecified atom stereocenters. The van der Waals surface area contributed by atoms with Crippen LogP contribution in [-0.2, 0) is 0 Å². The molecule has 1 fully saturated rings. The van der Waals surface area contributed by atoms with Gasteiger partial charge in [0.1, 0.15) is 10.4 Å². The first-order valence-electron chi connectivity index (χ1n) is 5.96. The summed E-state index contributed by atoms with van der Waals surface area (Å²) in [5, 5.41) is 0. The van der Waals surface area contributed by atoms with Crippen molar-refractivity contribution in [3.05, 3.63) is 16.1 Å². The van der Waals surface area contributed by atoms with Crippen LogP contribution in [0.4, 0.5) is 0 Å². The molecule has 0 aromatic carbocycles. The van der Waals surface area contributed by atoms with Crippen LogP contribution >= 0.6 is 15.9 Å². The summed E-state index contributed by atoms with van der Waals surface area (Å²) < 4.78 is 0.893. The van der Waals surface area contributed by atoms with Gasteiger partial charge < -0.3 is 15.6 Å². The number of hydrogen-bond acceptors (Lipinski definition) is 4. The highest BCUT2D eigenvalue weighted by Gasteiger charge is 2.25. The molecule has 2 rings (SSSR count). The first kappa shape index (κ1) is 13.0. The average Bonchev–Trinajstić information content (AvgIpc) is 2.62. The number of aromatic nitrogens is 2. The van der Waals surface area contributed by atoms with Crippen LogP contribution in [0.3, 0.4) is 0 Å². The Kier molecular flexibility index (Phi) is 4.19. The maximum Gasteiger partial charge on any atom is 0.129 e. The highest BCUT2D eigenvalue weighted by Crippen LogP contribution is 2.25. The topological polar surface area (TPSA) is 61.2 Å². The van der Waals surface area contributed by atoms with Gasteiger partial charge >= 0.3 is 0 Å². The SMILES string of the molecule is Cc1nc(Br)c(C(CN)N2CCN(C)CC2)[nH]1. The Hall–Kier alpha value is -0.430. The van der Waals surface area contributed by atoms with Crippen LogP contribution in [0.25, 0.3) is 0 Å².